The molecule has 74 valence electrons. The average Bonchev–Trinajstić information content (AvgIpc) is 2.05. The van der Waals surface area contributed by atoms with Gasteiger partial charge in [-0.3, -0.25) is 0 Å². The van der Waals surface area contributed by atoms with Crippen molar-refractivity contribution in [2.45, 2.75) is 13.0 Å². The van der Waals surface area contributed by atoms with Crippen molar-refractivity contribution in [1.82, 2.24) is 0 Å². The Labute approximate surface area is 83.3 Å². The van der Waals surface area contributed by atoms with E-state index >= 15 is 0 Å². The highest BCUT2D eigenvalue weighted by atomic mass is 35.5. The first kappa shape index (κ1) is 12.2. The summed E-state index contributed by atoms with van der Waals surface area (Å²) >= 11 is 0. The average molecular weight is 206 g/mol. The highest BCUT2D eigenvalue weighted by Crippen LogP contribution is 2.20. The largest absolute Gasteiger partial charge is 0.494 e. The van der Waals surface area contributed by atoms with E-state index in [1.165, 1.54) is 13.2 Å². The molecule has 0 saturated heterocycles. The fraction of sp³-hybridized carbons (Fsp3) is 0.333. The SMILES string of the molecule is COc1cc([C@@H](C)N)ccc1F.Cl. The highest BCUT2D eigenvalue weighted by Gasteiger charge is 2.05. The second-order valence-corrected chi connectivity index (χ2v) is 2.68. The minimum Gasteiger partial charge on any atom is -0.494 e. The quantitative estimate of drug-likeness (QED) is 0.804. The Kier molecular flexibility index (Phi) is 4.73. The topological polar surface area (TPSA) is 35.2 Å². The van der Waals surface area contributed by atoms with Gasteiger partial charge in [-0.25, -0.2) is 4.39 Å². The number of methoxy groups -OCH3 is 1. The Morgan fingerprint density at radius 1 is 1.46 bits per heavy atom. The Balaban J connectivity index is 0.00000144. The maximum atomic E-state index is 12.9. The van der Waals surface area contributed by atoms with Crippen molar-refractivity contribution in [1.29, 1.82) is 0 Å². The van der Waals surface area contributed by atoms with Gasteiger partial charge < -0.3 is 10.5 Å². The van der Waals surface area contributed by atoms with Crippen LogP contribution in [-0.4, -0.2) is 7.11 Å². The van der Waals surface area contributed by atoms with E-state index in [0.717, 1.165) is 5.56 Å². The van der Waals surface area contributed by atoms with E-state index in [2.05, 4.69) is 0 Å². The number of hydrogen-bond donors (Lipinski definition) is 1. The predicted molar refractivity (Wildman–Crippen MR) is 52.8 cm³/mol. The maximum Gasteiger partial charge on any atom is 0.165 e. The number of nitrogens with two attached hydrogens (primary N) is 1. The minimum absolute atomic E-state index is 0. The standard InChI is InChI=1S/C9H12FNO.ClH/c1-6(11)7-3-4-8(10)9(5-7)12-2;/h3-6H,11H2,1-2H3;1H/t6-;/m1./s1. The van der Waals surface area contributed by atoms with Crippen LogP contribution >= 0.6 is 12.4 Å². The first-order valence-electron chi connectivity index (χ1n) is 3.74. The third-order valence-electron chi connectivity index (χ3n) is 1.70. The summed E-state index contributed by atoms with van der Waals surface area (Å²) < 4.78 is 17.7. The normalized spacial score (nSPS) is 11.7. The van der Waals surface area contributed by atoms with Crippen LogP contribution in [0.5, 0.6) is 5.75 Å². The molecule has 0 heterocycles. The molecule has 0 aliphatic rings. The van der Waals surface area contributed by atoms with Crippen LogP contribution in [0.25, 0.3) is 0 Å². The van der Waals surface area contributed by atoms with Crippen molar-refractivity contribution < 1.29 is 9.13 Å². The van der Waals surface area contributed by atoms with Crippen molar-refractivity contribution in [2.75, 3.05) is 7.11 Å². The van der Waals surface area contributed by atoms with E-state index in [-0.39, 0.29) is 30.0 Å². The van der Waals surface area contributed by atoms with Crippen LogP contribution in [0, 0.1) is 5.82 Å². The number of halogens is 2. The molecule has 2 nitrogen and oxygen atoms in total. The van der Waals surface area contributed by atoms with Crippen LogP contribution in [0.3, 0.4) is 0 Å². The van der Waals surface area contributed by atoms with Gasteiger partial charge in [0.25, 0.3) is 0 Å². The summed E-state index contributed by atoms with van der Waals surface area (Å²) in [5.41, 5.74) is 6.48. The zero-order valence-corrected chi connectivity index (χ0v) is 8.40. The minimum atomic E-state index is -0.359. The van der Waals surface area contributed by atoms with Gasteiger partial charge >= 0.3 is 0 Å². The summed E-state index contributed by atoms with van der Waals surface area (Å²) in [5, 5.41) is 0. The van der Waals surface area contributed by atoms with Crippen molar-refractivity contribution in [3.05, 3.63) is 29.6 Å². The predicted octanol–water partition coefficient (Wildman–Crippen LogP) is 2.28. The van der Waals surface area contributed by atoms with Gasteiger partial charge in [-0.05, 0) is 24.6 Å². The van der Waals surface area contributed by atoms with E-state index in [4.69, 9.17) is 10.5 Å². The molecule has 1 atom stereocenters. The molecule has 0 bridgehead atoms. The van der Waals surface area contributed by atoms with E-state index in [1.54, 1.807) is 12.1 Å². The van der Waals surface area contributed by atoms with Gasteiger partial charge in [0.2, 0.25) is 0 Å². The molecular weight excluding hydrogens is 193 g/mol. The molecule has 1 aromatic rings. The summed E-state index contributed by atoms with van der Waals surface area (Å²) in [6, 6.07) is 4.53. The third-order valence-corrected chi connectivity index (χ3v) is 1.70. The fourth-order valence-corrected chi connectivity index (χ4v) is 0.960. The molecule has 0 spiro atoms. The van der Waals surface area contributed by atoms with E-state index in [1.807, 2.05) is 6.92 Å². The fourth-order valence-electron chi connectivity index (χ4n) is 0.960. The first-order chi connectivity index (χ1) is 5.65. The van der Waals surface area contributed by atoms with Crippen LogP contribution in [-0.2, 0) is 0 Å². The van der Waals surface area contributed by atoms with E-state index in [9.17, 15) is 4.39 Å². The molecule has 4 heteroatoms. The summed E-state index contributed by atoms with van der Waals surface area (Å²) in [5.74, 6) is -0.119. The number of hydrogen-bond acceptors (Lipinski definition) is 2. The smallest absolute Gasteiger partial charge is 0.165 e. The van der Waals surface area contributed by atoms with Gasteiger partial charge in [-0.2, -0.15) is 0 Å². The third kappa shape index (κ3) is 2.86. The molecule has 2 N–H and O–H groups in total. The van der Waals surface area contributed by atoms with Crippen LogP contribution in [0.1, 0.15) is 18.5 Å². The first-order valence-corrected chi connectivity index (χ1v) is 3.74. The lowest BCUT2D eigenvalue weighted by molar-refractivity contribution is 0.385. The molecule has 0 saturated carbocycles. The molecule has 0 aliphatic carbocycles. The van der Waals surface area contributed by atoms with E-state index in [0.29, 0.717) is 0 Å². The maximum absolute atomic E-state index is 12.9. The monoisotopic (exact) mass is 205 g/mol. The molecule has 13 heavy (non-hydrogen) atoms. The van der Waals surface area contributed by atoms with Gasteiger partial charge in [0.1, 0.15) is 0 Å². The van der Waals surface area contributed by atoms with Crippen molar-refractivity contribution >= 4 is 12.4 Å². The Hall–Kier alpha value is -0.800. The Morgan fingerprint density at radius 2 is 2.08 bits per heavy atom. The van der Waals surface area contributed by atoms with Gasteiger partial charge in [0.15, 0.2) is 11.6 Å². The molecule has 0 aliphatic heterocycles. The van der Waals surface area contributed by atoms with Gasteiger partial charge in [-0.1, -0.05) is 6.07 Å². The summed E-state index contributed by atoms with van der Waals surface area (Å²) in [7, 11) is 1.43. The summed E-state index contributed by atoms with van der Waals surface area (Å²) in [6.45, 7) is 1.84. The molecule has 0 amide bonds. The van der Waals surface area contributed by atoms with Gasteiger partial charge in [0, 0.05) is 6.04 Å². The van der Waals surface area contributed by atoms with Gasteiger partial charge in [0.05, 0.1) is 7.11 Å². The lowest BCUT2D eigenvalue weighted by Crippen LogP contribution is -2.05. The number of rotatable bonds is 2. The summed E-state index contributed by atoms with van der Waals surface area (Å²) in [4.78, 5) is 0. The van der Waals surface area contributed by atoms with Crippen molar-refractivity contribution in [2.24, 2.45) is 5.73 Å². The Morgan fingerprint density at radius 3 is 2.54 bits per heavy atom. The number of ether oxygens (including phenoxy) is 1. The van der Waals surface area contributed by atoms with Crippen molar-refractivity contribution in [3.8, 4) is 5.75 Å². The molecule has 1 aromatic carbocycles. The lowest BCUT2D eigenvalue weighted by atomic mass is 10.1. The second kappa shape index (κ2) is 5.04. The molecule has 0 aromatic heterocycles. The zero-order chi connectivity index (χ0) is 9.14. The van der Waals surface area contributed by atoms with Crippen molar-refractivity contribution in [3.63, 3.8) is 0 Å². The zero-order valence-electron chi connectivity index (χ0n) is 7.58. The molecule has 1 rings (SSSR count). The molecule has 0 radical (unpaired) electrons. The van der Waals surface area contributed by atoms with Crippen LogP contribution in [0.2, 0.25) is 0 Å². The van der Waals surface area contributed by atoms with Crippen LogP contribution < -0.4 is 10.5 Å². The summed E-state index contributed by atoms with van der Waals surface area (Å²) in [6.07, 6.45) is 0. The van der Waals surface area contributed by atoms with E-state index < -0.39 is 0 Å². The lowest BCUT2D eigenvalue weighted by Gasteiger charge is -2.07. The number of benzene rings is 1. The van der Waals surface area contributed by atoms with Crippen LogP contribution in [0.4, 0.5) is 4.39 Å². The highest BCUT2D eigenvalue weighted by molar-refractivity contribution is 5.85. The molecule has 0 fully saturated rings. The second-order valence-electron chi connectivity index (χ2n) is 2.68. The molecule has 0 unspecified atom stereocenters. The Bertz CT molecular complexity index is 278. The van der Waals surface area contributed by atoms with Gasteiger partial charge in [-0.15, -0.1) is 12.4 Å². The molecular formula is C9H13ClFNO. The van der Waals surface area contributed by atoms with Crippen LogP contribution in [0.15, 0.2) is 18.2 Å².